The number of hydrogen-bond acceptors (Lipinski definition) is 1. The summed E-state index contributed by atoms with van der Waals surface area (Å²) < 4.78 is 0. The third-order valence-electron chi connectivity index (χ3n) is 1.71. The van der Waals surface area contributed by atoms with Crippen LogP contribution < -0.4 is 5.32 Å². The molecule has 74 valence electrons. The third kappa shape index (κ3) is 4.69. The molecule has 0 aliphatic rings. The molecule has 0 atom stereocenters. The fourth-order valence-corrected chi connectivity index (χ4v) is 0.977. The zero-order valence-electron chi connectivity index (χ0n) is 9.09. The molecular weight excluding hydrogens is 170 g/mol. The maximum Gasteiger partial charge on any atom is 0.0584 e. The van der Waals surface area contributed by atoms with Gasteiger partial charge in [-0.25, -0.2) is 0 Å². The zero-order valence-corrected chi connectivity index (χ0v) is 9.09. The van der Waals surface area contributed by atoms with Crippen molar-refractivity contribution in [1.29, 1.82) is 0 Å². The minimum absolute atomic E-state index is 0.144. The van der Waals surface area contributed by atoms with Crippen molar-refractivity contribution in [2.45, 2.75) is 26.3 Å². The molecule has 0 aliphatic carbocycles. The van der Waals surface area contributed by atoms with E-state index in [0.29, 0.717) is 0 Å². The summed E-state index contributed by atoms with van der Waals surface area (Å²) in [6, 6.07) is 10.0. The maximum absolute atomic E-state index is 3.32. The smallest absolute Gasteiger partial charge is 0.0584 e. The SMILES string of the molecule is CC(C)(C)NCC#Cc1ccccc1. The molecule has 0 heterocycles. The molecule has 0 fully saturated rings. The second-order valence-electron chi connectivity index (χ2n) is 4.27. The van der Waals surface area contributed by atoms with E-state index in [9.17, 15) is 0 Å². The second kappa shape index (κ2) is 4.83. The van der Waals surface area contributed by atoms with Crippen LogP contribution in [0.15, 0.2) is 30.3 Å². The Morgan fingerprint density at radius 1 is 1.14 bits per heavy atom. The second-order valence-corrected chi connectivity index (χ2v) is 4.27. The van der Waals surface area contributed by atoms with Gasteiger partial charge >= 0.3 is 0 Å². The molecule has 1 aromatic rings. The lowest BCUT2D eigenvalue weighted by atomic mass is 10.1. The molecule has 1 N–H and O–H groups in total. The molecule has 1 nitrogen and oxygen atoms in total. The van der Waals surface area contributed by atoms with Crippen LogP contribution in [0, 0.1) is 11.8 Å². The van der Waals surface area contributed by atoms with Gasteiger partial charge in [-0.05, 0) is 32.9 Å². The number of benzene rings is 1. The molecule has 14 heavy (non-hydrogen) atoms. The molecule has 1 aromatic carbocycles. The average molecular weight is 187 g/mol. The molecule has 0 spiro atoms. The van der Waals surface area contributed by atoms with E-state index >= 15 is 0 Å². The van der Waals surface area contributed by atoms with E-state index in [1.807, 2.05) is 30.3 Å². The van der Waals surface area contributed by atoms with Crippen molar-refractivity contribution >= 4 is 0 Å². The van der Waals surface area contributed by atoms with Crippen molar-refractivity contribution in [1.82, 2.24) is 5.32 Å². The van der Waals surface area contributed by atoms with E-state index in [1.165, 1.54) is 0 Å². The van der Waals surface area contributed by atoms with Gasteiger partial charge in [-0.2, -0.15) is 0 Å². The highest BCUT2D eigenvalue weighted by atomic mass is 14.9. The molecule has 0 bridgehead atoms. The van der Waals surface area contributed by atoms with Gasteiger partial charge in [0, 0.05) is 11.1 Å². The van der Waals surface area contributed by atoms with Gasteiger partial charge in [0.15, 0.2) is 0 Å². The van der Waals surface area contributed by atoms with E-state index in [-0.39, 0.29) is 5.54 Å². The lowest BCUT2D eigenvalue weighted by Gasteiger charge is -2.18. The van der Waals surface area contributed by atoms with Crippen molar-refractivity contribution in [3.05, 3.63) is 35.9 Å². The van der Waals surface area contributed by atoms with E-state index in [1.54, 1.807) is 0 Å². The highest BCUT2D eigenvalue weighted by Gasteiger charge is 2.05. The van der Waals surface area contributed by atoms with Crippen LogP contribution in [0.25, 0.3) is 0 Å². The van der Waals surface area contributed by atoms with Crippen LogP contribution in [-0.4, -0.2) is 12.1 Å². The molecular formula is C13H17N. The van der Waals surface area contributed by atoms with E-state index in [4.69, 9.17) is 0 Å². The fraction of sp³-hybridized carbons (Fsp3) is 0.385. The largest absolute Gasteiger partial charge is 0.301 e. The van der Waals surface area contributed by atoms with Crippen LogP contribution in [0.2, 0.25) is 0 Å². The standard InChI is InChI=1S/C13H17N/c1-13(2,3)14-11-7-10-12-8-5-4-6-9-12/h4-6,8-9,14H,11H2,1-3H3. The monoisotopic (exact) mass is 187 g/mol. The van der Waals surface area contributed by atoms with E-state index in [2.05, 4.69) is 37.9 Å². The Balaban J connectivity index is 2.42. The van der Waals surface area contributed by atoms with Crippen LogP contribution in [-0.2, 0) is 0 Å². The van der Waals surface area contributed by atoms with Crippen molar-refractivity contribution in [3.8, 4) is 11.8 Å². The van der Waals surface area contributed by atoms with Crippen LogP contribution in [0.5, 0.6) is 0 Å². The topological polar surface area (TPSA) is 12.0 Å². The molecule has 0 radical (unpaired) electrons. The summed E-state index contributed by atoms with van der Waals surface area (Å²) in [5, 5.41) is 3.32. The summed E-state index contributed by atoms with van der Waals surface area (Å²) in [7, 11) is 0. The minimum atomic E-state index is 0.144. The van der Waals surface area contributed by atoms with Crippen LogP contribution in [0.4, 0.5) is 0 Å². The highest BCUT2D eigenvalue weighted by Crippen LogP contribution is 1.97. The Bertz CT molecular complexity index is 322. The summed E-state index contributed by atoms with van der Waals surface area (Å²) in [5.41, 5.74) is 1.22. The zero-order chi connectivity index (χ0) is 10.4. The van der Waals surface area contributed by atoms with Gasteiger partial charge in [0.1, 0.15) is 0 Å². The summed E-state index contributed by atoms with van der Waals surface area (Å²) >= 11 is 0. The molecule has 0 saturated heterocycles. The summed E-state index contributed by atoms with van der Waals surface area (Å²) in [5.74, 6) is 6.20. The van der Waals surface area contributed by atoms with Gasteiger partial charge in [0.2, 0.25) is 0 Å². The Morgan fingerprint density at radius 3 is 2.36 bits per heavy atom. The normalized spacial score (nSPS) is 10.5. The maximum atomic E-state index is 3.32. The van der Waals surface area contributed by atoms with Gasteiger partial charge < -0.3 is 5.32 Å². The van der Waals surface area contributed by atoms with E-state index in [0.717, 1.165) is 12.1 Å². The summed E-state index contributed by atoms with van der Waals surface area (Å²) in [6.45, 7) is 7.14. The Labute approximate surface area is 86.5 Å². The predicted molar refractivity (Wildman–Crippen MR) is 61.1 cm³/mol. The van der Waals surface area contributed by atoms with Crippen molar-refractivity contribution in [3.63, 3.8) is 0 Å². The van der Waals surface area contributed by atoms with Crippen LogP contribution in [0.1, 0.15) is 26.3 Å². The third-order valence-corrected chi connectivity index (χ3v) is 1.71. The first-order chi connectivity index (χ1) is 6.58. The molecule has 0 amide bonds. The number of nitrogens with one attached hydrogen (secondary N) is 1. The molecule has 0 aromatic heterocycles. The first kappa shape index (κ1) is 10.8. The quantitative estimate of drug-likeness (QED) is 0.666. The van der Waals surface area contributed by atoms with Gasteiger partial charge in [-0.1, -0.05) is 30.0 Å². The molecule has 0 unspecified atom stereocenters. The Kier molecular flexibility index (Phi) is 3.73. The summed E-state index contributed by atoms with van der Waals surface area (Å²) in [6.07, 6.45) is 0. The average Bonchev–Trinajstić information content (AvgIpc) is 2.13. The highest BCUT2D eigenvalue weighted by molar-refractivity contribution is 5.33. The summed E-state index contributed by atoms with van der Waals surface area (Å²) in [4.78, 5) is 0. The Morgan fingerprint density at radius 2 is 1.79 bits per heavy atom. The Hall–Kier alpha value is -1.26. The van der Waals surface area contributed by atoms with Gasteiger partial charge in [0.05, 0.1) is 6.54 Å². The molecule has 0 aliphatic heterocycles. The lowest BCUT2D eigenvalue weighted by Crippen LogP contribution is -2.35. The van der Waals surface area contributed by atoms with E-state index < -0.39 is 0 Å². The fourth-order valence-electron chi connectivity index (χ4n) is 0.977. The van der Waals surface area contributed by atoms with Crippen LogP contribution in [0.3, 0.4) is 0 Å². The number of hydrogen-bond donors (Lipinski definition) is 1. The lowest BCUT2D eigenvalue weighted by molar-refractivity contribution is 0.452. The number of rotatable bonds is 1. The predicted octanol–water partition coefficient (Wildman–Crippen LogP) is 2.43. The molecule has 0 saturated carbocycles. The first-order valence-electron chi connectivity index (χ1n) is 4.87. The first-order valence-corrected chi connectivity index (χ1v) is 4.87. The molecule has 1 rings (SSSR count). The molecule has 1 heteroatoms. The van der Waals surface area contributed by atoms with Crippen molar-refractivity contribution in [2.75, 3.05) is 6.54 Å². The van der Waals surface area contributed by atoms with Gasteiger partial charge in [-0.3, -0.25) is 0 Å². The van der Waals surface area contributed by atoms with Crippen molar-refractivity contribution < 1.29 is 0 Å². The van der Waals surface area contributed by atoms with Gasteiger partial charge in [-0.15, -0.1) is 0 Å². The minimum Gasteiger partial charge on any atom is -0.301 e. The van der Waals surface area contributed by atoms with Crippen LogP contribution >= 0.6 is 0 Å². The van der Waals surface area contributed by atoms with Crippen molar-refractivity contribution in [2.24, 2.45) is 0 Å². The van der Waals surface area contributed by atoms with Gasteiger partial charge in [0.25, 0.3) is 0 Å².